The lowest BCUT2D eigenvalue weighted by Crippen LogP contribution is -2.20. The topological polar surface area (TPSA) is 115 Å². The second-order valence-corrected chi connectivity index (χ2v) is 6.00. The van der Waals surface area contributed by atoms with Crippen LogP contribution < -0.4 is 0 Å². The number of hydrogen-bond donors (Lipinski definition) is 4. The zero-order valence-corrected chi connectivity index (χ0v) is 16.4. The Hall–Kier alpha value is -2.70. The molecule has 154 valence electrons. The summed E-state index contributed by atoms with van der Waals surface area (Å²) >= 11 is 0. The highest BCUT2D eigenvalue weighted by atomic mass is 16.4. The number of aliphatic hydroxyl groups excluding tert-OH is 2. The number of carbonyl (C=O) groups is 2. The Morgan fingerprint density at radius 3 is 1.36 bits per heavy atom. The minimum atomic E-state index is -0.879. The maximum absolute atomic E-state index is 10.2. The molecule has 0 saturated carbocycles. The molecule has 0 fully saturated rings. The first-order valence-corrected chi connectivity index (χ1v) is 9.22. The van der Waals surface area contributed by atoms with Crippen LogP contribution in [0.3, 0.4) is 0 Å². The normalized spacial score (nSPS) is 10.8. The van der Waals surface area contributed by atoms with Crippen molar-refractivity contribution in [3.05, 3.63) is 71.8 Å². The first kappa shape index (κ1) is 25.3. The van der Waals surface area contributed by atoms with Crippen LogP contribution in [0.15, 0.2) is 60.7 Å². The molecular weight excluding hydrogens is 360 g/mol. The summed E-state index contributed by atoms with van der Waals surface area (Å²) in [5.41, 5.74) is 0.662. The van der Waals surface area contributed by atoms with Crippen LogP contribution in [0.4, 0.5) is 0 Å². The molecule has 0 aromatic heterocycles. The highest BCUT2D eigenvalue weighted by molar-refractivity contribution is 5.87. The minimum absolute atomic E-state index is 0.0949. The van der Waals surface area contributed by atoms with E-state index in [1.165, 1.54) is 0 Å². The summed E-state index contributed by atoms with van der Waals surface area (Å²) in [4.78, 5) is 20.4. The van der Waals surface area contributed by atoms with Crippen molar-refractivity contribution >= 4 is 11.9 Å². The zero-order valence-electron chi connectivity index (χ0n) is 16.4. The van der Waals surface area contributed by atoms with Gasteiger partial charge in [-0.25, -0.2) is 9.59 Å². The summed E-state index contributed by atoms with van der Waals surface area (Å²) in [6.07, 6.45) is 2.21. The average molecular weight is 390 g/mol. The Balaban J connectivity index is 0.000000391. The minimum Gasteiger partial charge on any atom is -0.478 e. The number of hydrogen-bond acceptors (Lipinski definition) is 4. The predicted octanol–water partition coefficient (Wildman–Crippen LogP) is 3.94. The van der Waals surface area contributed by atoms with Gasteiger partial charge in [-0.1, -0.05) is 63.1 Å². The highest BCUT2D eigenvalue weighted by Gasteiger charge is 2.13. The molecule has 0 spiro atoms. The van der Waals surface area contributed by atoms with Crippen molar-refractivity contribution in [1.82, 2.24) is 0 Å². The quantitative estimate of drug-likeness (QED) is 0.569. The SMILES string of the molecule is CCC(CC)C(O)CCO.O=C(O)c1ccccc1.O=C(O)c1ccccc1. The second kappa shape index (κ2) is 15.4. The molecular formula is C22H30O6. The van der Waals surface area contributed by atoms with Gasteiger partial charge in [0.1, 0.15) is 0 Å². The third-order valence-electron chi connectivity index (χ3n) is 4.06. The van der Waals surface area contributed by atoms with Crippen molar-refractivity contribution in [2.24, 2.45) is 5.92 Å². The van der Waals surface area contributed by atoms with Crippen molar-refractivity contribution < 1.29 is 30.0 Å². The van der Waals surface area contributed by atoms with Gasteiger partial charge in [0.05, 0.1) is 17.2 Å². The van der Waals surface area contributed by atoms with E-state index in [2.05, 4.69) is 13.8 Å². The predicted molar refractivity (Wildman–Crippen MR) is 109 cm³/mol. The van der Waals surface area contributed by atoms with Crippen LogP contribution in [0, 0.1) is 5.92 Å². The molecule has 0 heterocycles. The van der Waals surface area contributed by atoms with Gasteiger partial charge in [-0.2, -0.15) is 0 Å². The third-order valence-corrected chi connectivity index (χ3v) is 4.06. The molecule has 0 saturated heterocycles. The molecule has 0 bridgehead atoms. The number of aromatic carboxylic acids is 2. The van der Waals surface area contributed by atoms with E-state index in [1.807, 2.05) is 0 Å². The van der Waals surface area contributed by atoms with E-state index in [0.717, 1.165) is 12.8 Å². The van der Waals surface area contributed by atoms with Crippen molar-refractivity contribution in [3.8, 4) is 0 Å². The van der Waals surface area contributed by atoms with Gasteiger partial charge in [0.15, 0.2) is 0 Å². The summed E-state index contributed by atoms with van der Waals surface area (Å²) in [6.45, 7) is 4.22. The molecule has 6 nitrogen and oxygen atoms in total. The summed E-state index contributed by atoms with van der Waals surface area (Å²) < 4.78 is 0. The monoisotopic (exact) mass is 390 g/mol. The molecule has 0 aliphatic carbocycles. The van der Waals surface area contributed by atoms with Crippen molar-refractivity contribution in [2.45, 2.75) is 39.2 Å². The van der Waals surface area contributed by atoms with Crippen LogP contribution in [0.2, 0.25) is 0 Å². The Morgan fingerprint density at radius 1 is 0.786 bits per heavy atom. The fourth-order valence-corrected chi connectivity index (χ4v) is 2.36. The first-order chi connectivity index (χ1) is 13.4. The molecule has 0 aliphatic rings. The molecule has 0 amide bonds. The summed E-state index contributed by atoms with van der Waals surface area (Å²) in [5, 5.41) is 34.6. The first-order valence-electron chi connectivity index (χ1n) is 9.22. The van der Waals surface area contributed by atoms with Gasteiger partial charge in [-0.05, 0) is 36.6 Å². The molecule has 2 aromatic carbocycles. The standard InChI is InChI=1S/C8H18O2.2C7H6O2/c1-3-7(4-2)8(10)5-6-9;2*8-7(9)6-4-2-1-3-5-6/h7-10H,3-6H2,1-2H3;2*1-5H,(H,8,9). The molecule has 6 heteroatoms. The summed E-state index contributed by atoms with van der Waals surface area (Å²) in [6, 6.07) is 16.6. The number of rotatable bonds is 7. The Bertz CT molecular complexity index is 604. The molecule has 1 atom stereocenters. The second-order valence-electron chi connectivity index (χ2n) is 6.00. The Morgan fingerprint density at radius 2 is 1.14 bits per heavy atom. The summed E-state index contributed by atoms with van der Waals surface area (Å²) in [7, 11) is 0. The number of carboxylic acids is 2. The van der Waals surface area contributed by atoms with Gasteiger partial charge in [-0.3, -0.25) is 0 Å². The number of benzene rings is 2. The van der Waals surface area contributed by atoms with E-state index in [4.69, 9.17) is 15.3 Å². The molecule has 28 heavy (non-hydrogen) atoms. The molecule has 4 N–H and O–H groups in total. The van der Waals surface area contributed by atoms with Gasteiger partial charge >= 0.3 is 11.9 Å². The fraction of sp³-hybridized carbons (Fsp3) is 0.364. The zero-order chi connectivity index (χ0) is 21.4. The van der Waals surface area contributed by atoms with E-state index in [0.29, 0.717) is 23.5 Å². The van der Waals surface area contributed by atoms with Gasteiger partial charge in [0, 0.05) is 6.61 Å². The third kappa shape index (κ3) is 11.1. The fourth-order valence-electron chi connectivity index (χ4n) is 2.36. The van der Waals surface area contributed by atoms with Crippen LogP contribution in [0.1, 0.15) is 53.8 Å². The van der Waals surface area contributed by atoms with E-state index in [9.17, 15) is 14.7 Å². The van der Waals surface area contributed by atoms with Crippen molar-refractivity contribution in [2.75, 3.05) is 6.61 Å². The molecule has 0 radical (unpaired) electrons. The lowest BCUT2D eigenvalue weighted by Gasteiger charge is -2.18. The lowest BCUT2D eigenvalue weighted by molar-refractivity contribution is 0.0686. The van der Waals surface area contributed by atoms with E-state index in [-0.39, 0.29) is 12.7 Å². The van der Waals surface area contributed by atoms with Gasteiger partial charge in [0.2, 0.25) is 0 Å². The Kier molecular flexibility index (Phi) is 13.9. The highest BCUT2D eigenvalue weighted by Crippen LogP contribution is 2.14. The largest absolute Gasteiger partial charge is 0.478 e. The van der Waals surface area contributed by atoms with E-state index < -0.39 is 11.9 Å². The van der Waals surface area contributed by atoms with Gasteiger partial charge < -0.3 is 20.4 Å². The average Bonchev–Trinajstić information content (AvgIpc) is 2.71. The smallest absolute Gasteiger partial charge is 0.335 e. The summed E-state index contributed by atoms with van der Waals surface area (Å²) in [5.74, 6) is -1.39. The molecule has 0 aliphatic heterocycles. The van der Waals surface area contributed by atoms with E-state index >= 15 is 0 Å². The maximum atomic E-state index is 10.2. The Labute approximate surface area is 166 Å². The van der Waals surface area contributed by atoms with Crippen LogP contribution in [0.5, 0.6) is 0 Å². The van der Waals surface area contributed by atoms with Gasteiger partial charge in [0.25, 0.3) is 0 Å². The van der Waals surface area contributed by atoms with Crippen LogP contribution in [-0.4, -0.2) is 45.1 Å². The van der Waals surface area contributed by atoms with Crippen molar-refractivity contribution in [3.63, 3.8) is 0 Å². The maximum Gasteiger partial charge on any atom is 0.335 e. The number of carboxylic acid groups (broad SMARTS) is 2. The molecule has 1 unspecified atom stereocenters. The van der Waals surface area contributed by atoms with Crippen LogP contribution >= 0.6 is 0 Å². The van der Waals surface area contributed by atoms with Crippen molar-refractivity contribution in [1.29, 1.82) is 0 Å². The van der Waals surface area contributed by atoms with E-state index in [1.54, 1.807) is 60.7 Å². The van der Waals surface area contributed by atoms with Crippen LogP contribution in [-0.2, 0) is 0 Å². The lowest BCUT2D eigenvalue weighted by atomic mass is 9.95. The number of aliphatic hydroxyl groups is 2. The van der Waals surface area contributed by atoms with Crippen LogP contribution in [0.25, 0.3) is 0 Å². The van der Waals surface area contributed by atoms with Gasteiger partial charge in [-0.15, -0.1) is 0 Å². The molecule has 2 rings (SSSR count). The molecule has 2 aromatic rings.